The molecule has 1 atom stereocenters. The van der Waals surface area contributed by atoms with Crippen LogP contribution in [-0.2, 0) is 14.8 Å². The molecule has 0 spiro atoms. The van der Waals surface area contributed by atoms with Crippen molar-refractivity contribution < 1.29 is 23.1 Å². The standard InChI is InChI=1S/C15H22N2O5S/c1-4-5-12(15(19)20)10-16-14(18)11-6-8-13(9-7-11)23(21,22)17(2)3/h6-9,12H,4-5,10H2,1-3H3,(H,16,18)(H,19,20). The highest BCUT2D eigenvalue weighted by Crippen LogP contribution is 2.14. The number of carboxylic acid groups (broad SMARTS) is 1. The molecule has 0 aromatic heterocycles. The maximum absolute atomic E-state index is 12.0. The molecule has 1 aromatic carbocycles. The van der Waals surface area contributed by atoms with Crippen LogP contribution in [0.5, 0.6) is 0 Å². The molecule has 7 nitrogen and oxygen atoms in total. The van der Waals surface area contributed by atoms with E-state index in [0.717, 1.165) is 4.31 Å². The fourth-order valence-electron chi connectivity index (χ4n) is 1.97. The number of carbonyl (C=O) groups is 2. The first-order chi connectivity index (χ1) is 10.7. The van der Waals surface area contributed by atoms with Crippen molar-refractivity contribution in [2.75, 3.05) is 20.6 Å². The predicted molar refractivity (Wildman–Crippen MR) is 85.7 cm³/mol. The van der Waals surface area contributed by atoms with E-state index in [0.29, 0.717) is 12.8 Å². The molecule has 1 amide bonds. The quantitative estimate of drug-likeness (QED) is 0.738. The second kappa shape index (κ2) is 8.07. The van der Waals surface area contributed by atoms with Gasteiger partial charge in [0.05, 0.1) is 10.8 Å². The van der Waals surface area contributed by atoms with Gasteiger partial charge in [-0.1, -0.05) is 13.3 Å². The van der Waals surface area contributed by atoms with E-state index in [1.165, 1.54) is 38.4 Å². The Morgan fingerprint density at radius 2 is 1.78 bits per heavy atom. The van der Waals surface area contributed by atoms with Crippen molar-refractivity contribution >= 4 is 21.9 Å². The lowest BCUT2D eigenvalue weighted by molar-refractivity contribution is -0.141. The number of nitrogens with one attached hydrogen (secondary N) is 1. The average Bonchev–Trinajstić information content (AvgIpc) is 2.50. The van der Waals surface area contributed by atoms with E-state index in [4.69, 9.17) is 5.11 Å². The zero-order chi connectivity index (χ0) is 17.6. The van der Waals surface area contributed by atoms with Crippen molar-refractivity contribution in [3.63, 3.8) is 0 Å². The highest BCUT2D eigenvalue weighted by atomic mass is 32.2. The van der Waals surface area contributed by atoms with Crippen LogP contribution in [-0.4, -0.2) is 50.3 Å². The molecule has 0 saturated carbocycles. The third-order valence-electron chi connectivity index (χ3n) is 3.39. The van der Waals surface area contributed by atoms with E-state index in [-0.39, 0.29) is 17.0 Å². The van der Waals surface area contributed by atoms with Crippen LogP contribution in [0.2, 0.25) is 0 Å². The Kier molecular flexibility index (Phi) is 6.71. The molecule has 8 heteroatoms. The monoisotopic (exact) mass is 342 g/mol. The van der Waals surface area contributed by atoms with E-state index in [9.17, 15) is 18.0 Å². The van der Waals surface area contributed by atoms with E-state index >= 15 is 0 Å². The van der Waals surface area contributed by atoms with Crippen molar-refractivity contribution in [2.45, 2.75) is 24.7 Å². The smallest absolute Gasteiger partial charge is 0.308 e. The summed E-state index contributed by atoms with van der Waals surface area (Å²) in [5.41, 5.74) is 0.281. The number of carbonyl (C=O) groups excluding carboxylic acids is 1. The maximum atomic E-state index is 12.0. The van der Waals surface area contributed by atoms with Crippen molar-refractivity contribution in [2.24, 2.45) is 5.92 Å². The summed E-state index contributed by atoms with van der Waals surface area (Å²) in [4.78, 5) is 23.1. The van der Waals surface area contributed by atoms with Gasteiger partial charge in [-0.05, 0) is 30.7 Å². The van der Waals surface area contributed by atoms with E-state index < -0.39 is 27.8 Å². The fourth-order valence-corrected chi connectivity index (χ4v) is 2.87. The summed E-state index contributed by atoms with van der Waals surface area (Å²) in [6.07, 6.45) is 1.19. The van der Waals surface area contributed by atoms with Gasteiger partial charge < -0.3 is 10.4 Å². The van der Waals surface area contributed by atoms with Crippen LogP contribution in [0.25, 0.3) is 0 Å². The number of aliphatic carboxylic acids is 1. The number of carboxylic acids is 1. The second-order valence-electron chi connectivity index (χ2n) is 5.35. The molecular formula is C15H22N2O5S. The number of nitrogens with zero attached hydrogens (tertiary/aromatic N) is 1. The van der Waals surface area contributed by atoms with Gasteiger partial charge in [0.2, 0.25) is 10.0 Å². The zero-order valence-electron chi connectivity index (χ0n) is 13.4. The Morgan fingerprint density at radius 3 is 2.22 bits per heavy atom. The molecule has 0 heterocycles. The van der Waals surface area contributed by atoms with Gasteiger partial charge in [-0.15, -0.1) is 0 Å². The molecule has 128 valence electrons. The summed E-state index contributed by atoms with van der Waals surface area (Å²) in [6, 6.07) is 5.51. The van der Waals surface area contributed by atoms with E-state index in [1.54, 1.807) is 0 Å². The van der Waals surface area contributed by atoms with Crippen LogP contribution < -0.4 is 5.32 Å². The number of benzene rings is 1. The molecule has 0 fully saturated rings. The Bertz CT molecular complexity index is 653. The van der Waals surface area contributed by atoms with Gasteiger partial charge in [0, 0.05) is 26.2 Å². The molecule has 0 bridgehead atoms. The summed E-state index contributed by atoms with van der Waals surface area (Å²) in [7, 11) is -0.687. The summed E-state index contributed by atoms with van der Waals surface area (Å²) >= 11 is 0. The molecule has 1 aromatic rings. The molecule has 0 aliphatic carbocycles. The molecular weight excluding hydrogens is 320 g/mol. The van der Waals surface area contributed by atoms with Crippen LogP contribution in [0.3, 0.4) is 0 Å². The first-order valence-electron chi connectivity index (χ1n) is 7.23. The first kappa shape index (κ1) is 19.1. The highest BCUT2D eigenvalue weighted by molar-refractivity contribution is 7.89. The number of sulfonamides is 1. The number of amides is 1. The zero-order valence-corrected chi connectivity index (χ0v) is 14.3. The Morgan fingerprint density at radius 1 is 1.22 bits per heavy atom. The third kappa shape index (κ3) is 5.04. The van der Waals surface area contributed by atoms with Gasteiger partial charge in [0.25, 0.3) is 5.91 Å². The molecule has 1 unspecified atom stereocenters. The van der Waals surface area contributed by atoms with Crippen LogP contribution in [0.1, 0.15) is 30.1 Å². The van der Waals surface area contributed by atoms with Crippen LogP contribution in [0.15, 0.2) is 29.2 Å². The summed E-state index contributed by atoms with van der Waals surface area (Å²) < 4.78 is 25.0. The Labute approximate surface area is 136 Å². The van der Waals surface area contributed by atoms with Gasteiger partial charge in [0.15, 0.2) is 0 Å². The van der Waals surface area contributed by atoms with Gasteiger partial charge in [0.1, 0.15) is 0 Å². The molecule has 1 rings (SSSR count). The first-order valence-corrected chi connectivity index (χ1v) is 8.67. The van der Waals surface area contributed by atoms with Crippen molar-refractivity contribution in [1.29, 1.82) is 0 Å². The van der Waals surface area contributed by atoms with Crippen LogP contribution >= 0.6 is 0 Å². The second-order valence-corrected chi connectivity index (χ2v) is 7.50. The molecule has 0 aliphatic heterocycles. The minimum Gasteiger partial charge on any atom is -0.481 e. The topological polar surface area (TPSA) is 104 Å². The van der Waals surface area contributed by atoms with Crippen molar-refractivity contribution in [3.05, 3.63) is 29.8 Å². The van der Waals surface area contributed by atoms with Gasteiger partial charge in [-0.25, -0.2) is 12.7 Å². The van der Waals surface area contributed by atoms with Crippen LogP contribution in [0, 0.1) is 5.92 Å². The lowest BCUT2D eigenvalue weighted by Gasteiger charge is -2.13. The number of rotatable bonds is 8. The maximum Gasteiger partial charge on any atom is 0.308 e. The Hall–Kier alpha value is -1.93. The minimum atomic E-state index is -3.54. The number of hydrogen-bond donors (Lipinski definition) is 2. The normalized spacial score (nSPS) is 12.9. The Balaban J connectivity index is 2.77. The summed E-state index contributed by atoms with van der Waals surface area (Å²) in [6.45, 7) is 1.92. The molecule has 23 heavy (non-hydrogen) atoms. The molecule has 0 radical (unpaired) electrons. The van der Waals surface area contributed by atoms with Crippen LogP contribution in [0.4, 0.5) is 0 Å². The van der Waals surface area contributed by atoms with E-state index in [2.05, 4.69) is 5.32 Å². The molecule has 2 N–H and O–H groups in total. The van der Waals surface area contributed by atoms with Gasteiger partial charge in [-0.3, -0.25) is 9.59 Å². The van der Waals surface area contributed by atoms with Gasteiger partial charge >= 0.3 is 5.97 Å². The third-order valence-corrected chi connectivity index (χ3v) is 5.22. The predicted octanol–water partition coefficient (Wildman–Crippen LogP) is 1.17. The summed E-state index contributed by atoms with van der Waals surface area (Å²) in [5, 5.41) is 11.6. The molecule has 0 saturated heterocycles. The highest BCUT2D eigenvalue weighted by Gasteiger charge is 2.19. The number of hydrogen-bond acceptors (Lipinski definition) is 4. The van der Waals surface area contributed by atoms with E-state index in [1.807, 2.05) is 6.92 Å². The average molecular weight is 342 g/mol. The molecule has 0 aliphatic rings. The lowest BCUT2D eigenvalue weighted by atomic mass is 10.0. The SMILES string of the molecule is CCCC(CNC(=O)c1ccc(S(=O)(=O)N(C)C)cc1)C(=O)O. The fraction of sp³-hybridized carbons (Fsp3) is 0.467. The van der Waals surface area contributed by atoms with Crippen molar-refractivity contribution in [1.82, 2.24) is 9.62 Å². The lowest BCUT2D eigenvalue weighted by Crippen LogP contribution is -2.33. The minimum absolute atomic E-state index is 0.0414. The summed E-state index contributed by atoms with van der Waals surface area (Å²) in [5.74, 6) is -2.00. The largest absolute Gasteiger partial charge is 0.481 e. The van der Waals surface area contributed by atoms with Crippen molar-refractivity contribution in [3.8, 4) is 0 Å². The van der Waals surface area contributed by atoms with Gasteiger partial charge in [-0.2, -0.15) is 0 Å².